The third-order valence-electron chi connectivity index (χ3n) is 4.55. The first kappa shape index (κ1) is 13.7. The molecule has 3 fully saturated rings. The van der Waals surface area contributed by atoms with Gasteiger partial charge in [-0.25, -0.2) is 0 Å². The maximum Gasteiger partial charge on any atom is 0.161 e. The van der Waals surface area contributed by atoms with Crippen molar-refractivity contribution in [2.75, 3.05) is 26.2 Å². The Morgan fingerprint density at radius 2 is 2.15 bits per heavy atom. The van der Waals surface area contributed by atoms with Crippen LogP contribution in [0.4, 0.5) is 0 Å². The van der Waals surface area contributed by atoms with Crippen LogP contribution in [0.1, 0.15) is 25.3 Å². The number of rotatable bonds is 5. The van der Waals surface area contributed by atoms with Gasteiger partial charge in [-0.1, -0.05) is 6.07 Å². The fraction of sp³-hybridized carbons (Fsp3) is 0.625. The molecule has 3 aliphatic heterocycles. The van der Waals surface area contributed by atoms with Gasteiger partial charge in [0.15, 0.2) is 11.5 Å². The minimum Gasteiger partial charge on any atom is -0.504 e. The Bertz CT molecular complexity index is 456. The minimum atomic E-state index is 0.221. The number of piperidine rings is 3. The first-order chi connectivity index (χ1) is 9.76. The molecule has 1 aromatic rings. The van der Waals surface area contributed by atoms with E-state index in [1.54, 1.807) is 6.07 Å². The van der Waals surface area contributed by atoms with E-state index in [1.807, 2.05) is 19.1 Å². The van der Waals surface area contributed by atoms with Crippen molar-refractivity contribution in [3.05, 3.63) is 23.8 Å². The van der Waals surface area contributed by atoms with E-state index >= 15 is 0 Å². The number of fused-ring (bicyclic) bond motifs is 3. The van der Waals surface area contributed by atoms with Crippen molar-refractivity contribution in [3.63, 3.8) is 0 Å². The van der Waals surface area contributed by atoms with Crippen LogP contribution in [0.15, 0.2) is 18.2 Å². The van der Waals surface area contributed by atoms with Crippen LogP contribution in [0.2, 0.25) is 0 Å². The molecule has 0 saturated carbocycles. The molecule has 0 amide bonds. The molecule has 3 saturated heterocycles. The van der Waals surface area contributed by atoms with Gasteiger partial charge in [0.1, 0.15) is 0 Å². The van der Waals surface area contributed by atoms with Crippen molar-refractivity contribution < 1.29 is 9.84 Å². The van der Waals surface area contributed by atoms with Gasteiger partial charge in [0, 0.05) is 19.1 Å². The molecule has 1 atom stereocenters. The van der Waals surface area contributed by atoms with Crippen LogP contribution in [0.3, 0.4) is 0 Å². The maximum absolute atomic E-state index is 9.72. The second-order valence-corrected chi connectivity index (χ2v) is 5.86. The standard InChI is InChI=1S/C16H24N2O2/c1-2-20-16-9-12(3-4-15(16)19)10-17-14-11-18-7-5-13(14)6-8-18/h3-4,9,13-14,17,19H,2,5-8,10-11H2,1H3. The highest BCUT2D eigenvalue weighted by atomic mass is 16.5. The summed E-state index contributed by atoms with van der Waals surface area (Å²) in [5.74, 6) is 1.64. The molecule has 2 bridgehead atoms. The molecular formula is C16H24N2O2. The Kier molecular flexibility index (Phi) is 4.13. The minimum absolute atomic E-state index is 0.221. The molecule has 0 aliphatic carbocycles. The number of phenols is 1. The normalized spacial score (nSPS) is 28.6. The van der Waals surface area contributed by atoms with Crippen molar-refractivity contribution >= 4 is 0 Å². The molecule has 1 unspecified atom stereocenters. The average Bonchev–Trinajstić information content (AvgIpc) is 2.49. The zero-order valence-electron chi connectivity index (χ0n) is 12.1. The number of benzene rings is 1. The molecule has 4 heteroatoms. The van der Waals surface area contributed by atoms with Crippen LogP contribution in [0, 0.1) is 5.92 Å². The lowest BCUT2D eigenvalue weighted by Crippen LogP contribution is -2.55. The Labute approximate surface area is 120 Å². The Hall–Kier alpha value is -1.26. The summed E-state index contributed by atoms with van der Waals surface area (Å²) in [6.45, 7) is 7.07. The summed E-state index contributed by atoms with van der Waals surface area (Å²) in [6, 6.07) is 6.24. The smallest absolute Gasteiger partial charge is 0.161 e. The summed E-state index contributed by atoms with van der Waals surface area (Å²) in [4.78, 5) is 2.56. The van der Waals surface area contributed by atoms with Crippen molar-refractivity contribution in [3.8, 4) is 11.5 Å². The molecule has 110 valence electrons. The van der Waals surface area contributed by atoms with E-state index in [-0.39, 0.29) is 5.75 Å². The van der Waals surface area contributed by atoms with Crippen LogP contribution in [0.25, 0.3) is 0 Å². The number of nitrogens with zero attached hydrogens (tertiary/aromatic N) is 1. The summed E-state index contributed by atoms with van der Waals surface area (Å²) in [6.07, 6.45) is 2.66. The molecule has 0 spiro atoms. The second kappa shape index (κ2) is 6.02. The highest BCUT2D eigenvalue weighted by molar-refractivity contribution is 5.41. The monoisotopic (exact) mass is 276 g/mol. The summed E-state index contributed by atoms with van der Waals surface area (Å²) < 4.78 is 5.43. The summed E-state index contributed by atoms with van der Waals surface area (Å²) in [7, 11) is 0. The van der Waals surface area contributed by atoms with E-state index in [1.165, 1.54) is 38.0 Å². The van der Waals surface area contributed by atoms with Gasteiger partial charge in [-0.2, -0.15) is 0 Å². The van der Waals surface area contributed by atoms with Crippen LogP contribution in [-0.2, 0) is 6.54 Å². The molecule has 1 aromatic carbocycles. The van der Waals surface area contributed by atoms with Gasteiger partial charge in [-0.3, -0.25) is 0 Å². The Balaban J connectivity index is 1.59. The third-order valence-corrected chi connectivity index (χ3v) is 4.55. The molecule has 4 rings (SSSR count). The average molecular weight is 276 g/mol. The van der Waals surface area contributed by atoms with E-state index in [4.69, 9.17) is 4.74 Å². The number of hydrogen-bond acceptors (Lipinski definition) is 4. The number of aromatic hydroxyl groups is 1. The Morgan fingerprint density at radius 1 is 1.35 bits per heavy atom. The lowest BCUT2D eigenvalue weighted by molar-refractivity contribution is 0.0720. The van der Waals surface area contributed by atoms with Gasteiger partial charge in [0.05, 0.1) is 6.61 Å². The zero-order valence-corrected chi connectivity index (χ0v) is 12.1. The maximum atomic E-state index is 9.72. The van der Waals surface area contributed by atoms with E-state index in [9.17, 15) is 5.11 Å². The number of phenolic OH excluding ortho intramolecular Hbond substituents is 1. The topological polar surface area (TPSA) is 44.7 Å². The molecule has 4 nitrogen and oxygen atoms in total. The van der Waals surface area contributed by atoms with Crippen molar-refractivity contribution in [2.24, 2.45) is 5.92 Å². The zero-order chi connectivity index (χ0) is 13.9. The Morgan fingerprint density at radius 3 is 2.80 bits per heavy atom. The summed E-state index contributed by atoms with van der Waals surface area (Å²) in [5, 5.41) is 13.4. The summed E-state index contributed by atoms with van der Waals surface area (Å²) in [5.41, 5.74) is 1.17. The quantitative estimate of drug-likeness (QED) is 0.863. The van der Waals surface area contributed by atoms with Crippen LogP contribution in [-0.4, -0.2) is 42.3 Å². The molecular weight excluding hydrogens is 252 g/mol. The first-order valence-electron chi connectivity index (χ1n) is 7.66. The first-order valence-corrected chi connectivity index (χ1v) is 7.66. The number of ether oxygens (including phenoxy) is 1. The highest BCUT2D eigenvalue weighted by Gasteiger charge is 2.33. The lowest BCUT2D eigenvalue weighted by atomic mass is 9.84. The van der Waals surface area contributed by atoms with Gasteiger partial charge in [-0.15, -0.1) is 0 Å². The SMILES string of the molecule is CCOc1cc(CNC2CN3CCC2CC3)ccc1O. The van der Waals surface area contributed by atoms with E-state index < -0.39 is 0 Å². The highest BCUT2D eigenvalue weighted by Crippen LogP contribution is 2.29. The molecule has 3 aliphatic rings. The van der Waals surface area contributed by atoms with Gasteiger partial charge >= 0.3 is 0 Å². The largest absolute Gasteiger partial charge is 0.504 e. The van der Waals surface area contributed by atoms with Crippen molar-refractivity contribution in [1.29, 1.82) is 0 Å². The van der Waals surface area contributed by atoms with Gasteiger partial charge in [0.25, 0.3) is 0 Å². The van der Waals surface area contributed by atoms with Crippen LogP contribution < -0.4 is 10.1 Å². The van der Waals surface area contributed by atoms with E-state index in [2.05, 4.69) is 10.2 Å². The van der Waals surface area contributed by atoms with E-state index in [0.717, 1.165) is 12.5 Å². The van der Waals surface area contributed by atoms with Crippen LogP contribution in [0.5, 0.6) is 11.5 Å². The predicted octanol–water partition coefficient (Wildman–Crippen LogP) is 1.97. The molecule has 2 N–H and O–H groups in total. The molecule has 0 radical (unpaired) electrons. The van der Waals surface area contributed by atoms with E-state index in [0.29, 0.717) is 18.4 Å². The van der Waals surface area contributed by atoms with Crippen molar-refractivity contribution in [2.45, 2.75) is 32.4 Å². The second-order valence-electron chi connectivity index (χ2n) is 5.86. The van der Waals surface area contributed by atoms with Gasteiger partial charge < -0.3 is 20.1 Å². The molecule has 20 heavy (non-hydrogen) atoms. The van der Waals surface area contributed by atoms with Crippen LogP contribution >= 0.6 is 0 Å². The van der Waals surface area contributed by atoms with Gasteiger partial charge in [-0.05, 0) is 56.5 Å². The van der Waals surface area contributed by atoms with Crippen molar-refractivity contribution in [1.82, 2.24) is 10.2 Å². The third kappa shape index (κ3) is 2.91. The number of hydrogen-bond donors (Lipinski definition) is 2. The molecule has 0 aromatic heterocycles. The predicted molar refractivity (Wildman–Crippen MR) is 79.1 cm³/mol. The lowest BCUT2D eigenvalue weighted by Gasteiger charge is -2.45. The number of nitrogens with one attached hydrogen (secondary N) is 1. The fourth-order valence-corrected chi connectivity index (χ4v) is 3.38. The van der Waals surface area contributed by atoms with Gasteiger partial charge in [0.2, 0.25) is 0 Å². The molecule has 3 heterocycles. The fourth-order valence-electron chi connectivity index (χ4n) is 3.38. The summed E-state index contributed by atoms with van der Waals surface area (Å²) >= 11 is 0.